The molecule has 2 saturated carbocycles. The van der Waals surface area contributed by atoms with E-state index in [4.69, 9.17) is 6.42 Å². The fourth-order valence-corrected chi connectivity index (χ4v) is 5.41. The minimum absolute atomic E-state index is 0.130. The molecule has 0 bridgehead atoms. The van der Waals surface area contributed by atoms with Crippen LogP contribution in [0.4, 0.5) is 0 Å². The summed E-state index contributed by atoms with van der Waals surface area (Å²) in [5.74, 6) is 9.38. The molecule has 3 rings (SSSR count). The van der Waals surface area contributed by atoms with Crippen molar-refractivity contribution in [3.8, 4) is 24.2 Å². The Balaban J connectivity index is 2.15. The Labute approximate surface area is 139 Å². The molecule has 2 heteroatoms. The van der Waals surface area contributed by atoms with Crippen molar-refractivity contribution >= 4 is 11.6 Å². The topological polar surface area (TPSA) is 34.1 Å². The smallest absolute Gasteiger partial charge is 0.155 e. The summed E-state index contributed by atoms with van der Waals surface area (Å²) in [4.78, 5) is 24.6. The molecule has 2 fully saturated rings. The third-order valence-electron chi connectivity index (χ3n) is 6.70. The van der Waals surface area contributed by atoms with Gasteiger partial charge >= 0.3 is 0 Å². The molecule has 0 aromatic carbocycles. The standard InChI is InChI=1S/C21H24O2/c1-5-6-10-21-12-7-15(22)14-17(21)20(4)11-9-18(23)19(2,3)16(20)8-13-21/h1,14,16H,7-9,11-13H2,2-4H3/t16-,20-,21+/m0/s1. The van der Waals surface area contributed by atoms with Crippen molar-refractivity contribution in [2.24, 2.45) is 22.2 Å². The number of rotatable bonds is 0. The predicted molar refractivity (Wildman–Crippen MR) is 90.2 cm³/mol. The molecule has 3 aliphatic carbocycles. The second-order valence-corrected chi connectivity index (χ2v) is 8.15. The number of allylic oxidation sites excluding steroid dienone is 2. The van der Waals surface area contributed by atoms with Crippen LogP contribution in [0.2, 0.25) is 0 Å². The van der Waals surface area contributed by atoms with Gasteiger partial charge in [0.2, 0.25) is 0 Å². The number of hydrogen-bond donors (Lipinski definition) is 0. The average Bonchev–Trinajstić information content (AvgIpc) is 2.51. The number of Topliss-reactive ketones (excluding diaryl/α,β-unsaturated/α-hetero) is 1. The molecule has 0 N–H and O–H groups in total. The van der Waals surface area contributed by atoms with Gasteiger partial charge in [-0.1, -0.05) is 26.7 Å². The van der Waals surface area contributed by atoms with E-state index in [1.807, 2.05) is 6.08 Å². The van der Waals surface area contributed by atoms with Gasteiger partial charge in [0.25, 0.3) is 0 Å². The van der Waals surface area contributed by atoms with Crippen molar-refractivity contribution in [3.05, 3.63) is 11.6 Å². The number of hydrogen-bond acceptors (Lipinski definition) is 2. The highest BCUT2D eigenvalue weighted by Crippen LogP contribution is 2.64. The van der Waals surface area contributed by atoms with Crippen molar-refractivity contribution in [1.29, 1.82) is 0 Å². The van der Waals surface area contributed by atoms with Crippen molar-refractivity contribution < 1.29 is 9.59 Å². The molecule has 0 aromatic heterocycles. The summed E-state index contributed by atoms with van der Waals surface area (Å²) in [6.45, 7) is 6.38. The van der Waals surface area contributed by atoms with Gasteiger partial charge in [-0.3, -0.25) is 9.59 Å². The van der Waals surface area contributed by atoms with Crippen LogP contribution >= 0.6 is 0 Å². The second kappa shape index (κ2) is 5.10. The lowest BCUT2D eigenvalue weighted by molar-refractivity contribution is -0.141. The maximum absolute atomic E-state index is 12.4. The fourth-order valence-electron chi connectivity index (χ4n) is 5.41. The summed E-state index contributed by atoms with van der Waals surface area (Å²) in [5.41, 5.74) is 0.428. The molecule has 2 nitrogen and oxygen atoms in total. The lowest BCUT2D eigenvalue weighted by atomic mass is 9.44. The molecule has 0 spiro atoms. The van der Waals surface area contributed by atoms with Crippen LogP contribution in [0.5, 0.6) is 0 Å². The summed E-state index contributed by atoms with van der Waals surface area (Å²) in [6.07, 6.45) is 11.8. The Morgan fingerprint density at radius 3 is 2.57 bits per heavy atom. The van der Waals surface area contributed by atoms with Gasteiger partial charge in [-0.2, -0.15) is 0 Å². The van der Waals surface area contributed by atoms with E-state index < -0.39 is 0 Å². The largest absolute Gasteiger partial charge is 0.299 e. The minimum atomic E-state index is -0.333. The van der Waals surface area contributed by atoms with Crippen LogP contribution in [0, 0.1) is 46.3 Å². The van der Waals surface area contributed by atoms with Crippen LogP contribution in [-0.2, 0) is 9.59 Å². The summed E-state index contributed by atoms with van der Waals surface area (Å²) in [5, 5.41) is 0. The van der Waals surface area contributed by atoms with E-state index in [2.05, 4.69) is 38.5 Å². The van der Waals surface area contributed by atoms with Crippen LogP contribution in [0.15, 0.2) is 11.6 Å². The summed E-state index contributed by atoms with van der Waals surface area (Å²) >= 11 is 0. The maximum Gasteiger partial charge on any atom is 0.155 e. The molecule has 120 valence electrons. The van der Waals surface area contributed by atoms with Gasteiger partial charge in [0.1, 0.15) is 5.78 Å². The molecule has 0 amide bonds. The van der Waals surface area contributed by atoms with Gasteiger partial charge in [0.05, 0.1) is 5.41 Å². The molecular weight excluding hydrogens is 284 g/mol. The van der Waals surface area contributed by atoms with Gasteiger partial charge in [0, 0.05) is 18.3 Å². The van der Waals surface area contributed by atoms with Crippen LogP contribution in [0.3, 0.4) is 0 Å². The third kappa shape index (κ3) is 2.20. The van der Waals surface area contributed by atoms with Crippen LogP contribution in [0.1, 0.15) is 59.3 Å². The Kier molecular flexibility index (Phi) is 3.57. The molecule has 0 heterocycles. The maximum atomic E-state index is 12.4. The van der Waals surface area contributed by atoms with Gasteiger partial charge in [-0.25, -0.2) is 0 Å². The van der Waals surface area contributed by atoms with E-state index in [-0.39, 0.29) is 27.9 Å². The van der Waals surface area contributed by atoms with Crippen molar-refractivity contribution in [2.45, 2.75) is 59.3 Å². The Bertz CT molecular complexity index is 706. The minimum Gasteiger partial charge on any atom is -0.299 e. The molecule has 0 radical (unpaired) electrons. The Morgan fingerprint density at radius 1 is 1.13 bits per heavy atom. The van der Waals surface area contributed by atoms with E-state index in [9.17, 15) is 9.59 Å². The van der Waals surface area contributed by atoms with E-state index >= 15 is 0 Å². The number of fused-ring (bicyclic) bond motifs is 3. The molecule has 0 aromatic rings. The van der Waals surface area contributed by atoms with Crippen molar-refractivity contribution in [2.75, 3.05) is 0 Å². The molecule has 0 unspecified atom stereocenters. The van der Waals surface area contributed by atoms with Gasteiger partial charge in [0.15, 0.2) is 5.78 Å². The van der Waals surface area contributed by atoms with Crippen molar-refractivity contribution in [1.82, 2.24) is 0 Å². The lowest BCUT2D eigenvalue weighted by Gasteiger charge is -2.59. The highest BCUT2D eigenvalue weighted by molar-refractivity contribution is 5.93. The first-order valence-electron chi connectivity index (χ1n) is 8.53. The number of carbonyl (C=O) groups is 2. The van der Waals surface area contributed by atoms with Gasteiger partial charge < -0.3 is 0 Å². The van der Waals surface area contributed by atoms with Gasteiger partial charge in [-0.05, 0) is 60.5 Å². The van der Waals surface area contributed by atoms with Crippen LogP contribution in [-0.4, -0.2) is 11.6 Å². The molecule has 0 saturated heterocycles. The number of terminal acetylenes is 1. The second-order valence-electron chi connectivity index (χ2n) is 8.15. The highest BCUT2D eigenvalue weighted by Gasteiger charge is 2.59. The molecule has 23 heavy (non-hydrogen) atoms. The first-order chi connectivity index (χ1) is 10.8. The Morgan fingerprint density at radius 2 is 1.87 bits per heavy atom. The van der Waals surface area contributed by atoms with E-state index in [1.54, 1.807) is 0 Å². The summed E-state index contributed by atoms with van der Waals surface area (Å²) < 4.78 is 0. The quantitative estimate of drug-likeness (QED) is 0.639. The third-order valence-corrected chi connectivity index (χ3v) is 6.70. The number of ketones is 2. The van der Waals surface area contributed by atoms with Crippen LogP contribution < -0.4 is 0 Å². The summed E-state index contributed by atoms with van der Waals surface area (Å²) in [6, 6.07) is 0. The van der Waals surface area contributed by atoms with Gasteiger partial charge in [-0.15, -0.1) is 6.42 Å². The average molecular weight is 308 g/mol. The molecule has 0 aliphatic heterocycles. The molecule has 3 atom stereocenters. The van der Waals surface area contributed by atoms with Crippen molar-refractivity contribution in [3.63, 3.8) is 0 Å². The normalized spacial score (nSPS) is 38.3. The Hall–Kier alpha value is -1.80. The molecular formula is C21H24O2. The SMILES string of the molecule is C#CC#C[C@]12CCC(=O)C=C1[C@@]1(C)CCC(=O)C(C)(C)[C@@H]1CC2. The number of carbonyl (C=O) groups excluding carboxylic acids is 2. The summed E-state index contributed by atoms with van der Waals surface area (Å²) in [7, 11) is 0. The lowest BCUT2D eigenvalue weighted by Crippen LogP contribution is -2.54. The zero-order valence-corrected chi connectivity index (χ0v) is 14.3. The zero-order chi connectivity index (χ0) is 16.9. The fraction of sp³-hybridized carbons (Fsp3) is 0.619. The first-order valence-corrected chi connectivity index (χ1v) is 8.53. The van der Waals surface area contributed by atoms with E-state index in [0.717, 1.165) is 31.3 Å². The zero-order valence-electron chi connectivity index (χ0n) is 14.3. The molecule has 3 aliphatic rings. The first kappa shape index (κ1) is 16.1. The van der Waals surface area contributed by atoms with E-state index in [1.165, 1.54) is 0 Å². The predicted octanol–water partition coefficient (Wildman–Crippen LogP) is 3.70. The highest BCUT2D eigenvalue weighted by atomic mass is 16.1. The van der Waals surface area contributed by atoms with E-state index in [0.29, 0.717) is 18.6 Å². The monoisotopic (exact) mass is 308 g/mol. The van der Waals surface area contributed by atoms with Crippen LogP contribution in [0.25, 0.3) is 0 Å².